The average molecular weight is 209 g/mol. The minimum Gasteiger partial charge on any atom is -0.494 e. The number of nitrogens with zero attached hydrogens (tertiary/aromatic N) is 1. The van der Waals surface area contributed by atoms with Gasteiger partial charge in [0.2, 0.25) is 5.88 Å². The van der Waals surface area contributed by atoms with Crippen LogP contribution in [0.2, 0.25) is 0 Å². The maximum atomic E-state index is 10.5. The first kappa shape index (κ1) is 9.64. The monoisotopic (exact) mass is 209 g/mol. The lowest BCUT2D eigenvalue weighted by Gasteiger charge is -2.03. The number of hydrogen-bond donors (Lipinski definition) is 3. The van der Waals surface area contributed by atoms with Crippen LogP contribution in [-0.2, 0) is 17.8 Å². The highest BCUT2D eigenvalue weighted by atomic mass is 16.4. The number of aromatic hydroxyl groups is 2. The average Bonchev–Trinajstić information content (AvgIpc) is 2.44. The predicted octanol–water partition coefficient (Wildman–Crippen LogP) is 0.943. The van der Waals surface area contributed by atoms with E-state index in [9.17, 15) is 15.0 Å². The lowest BCUT2D eigenvalue weighted by atomic mass is 10.0. The molecule has 0 spiro atoms. The highest BCUT2D eigenvalue weighted by Gasteiger charge is 2.22. The third kappa shape index (κ3) is 1.45. The first-order valence-corrected chi connectivity index (χ1v) is 4.63. The normalized spacial score (nSPS) is 13.9. The largest absolute Gasteiger partial charge is 0.494 e. The third-order valence-electron chi connectivity index (χ3n) is 2.49. The first-order chi connectivity index (χ1) is 7.11. The van der Waals surface area contributed by atoms with E-state index in [1.54, 1.807) is 6.08 Å². The Morgan fingerprint density at radius 3 is 2.73 bits per heavy atom. The second kappa shape index (κ2) is 3.34. The fourth-order valence-corrected chi connectivity index (χ4v) is 1.80. The van der Waals surface area contributed by atoms with Gasteiger partial charge in [-0.05, 0) is 12.8 Å². The number of rotatable bonds is 2. The molecule has 5 nitrogen and oxygen atoms in total. The van der Waals surface area contributed by atoms with Gasteiger partial charge in [-0.25, -0.2) is 0 Å². The van der Waals surface area contributed by atoms with E-state index in [4.69, 9.17) is 5.11 Å². The Morgan fingerprint density at radius 1 is 1.40 bits per heavy atom. The van der Waals surface area contributed by atoms with E-state index >= 15 is 0 Å². The number of allylic oxidation sites excluding steroid dienone is 1. The van der Waals surface area contributed by atoms with E-state index in [1.807, 2.05) is 6.08 Å². The van der Waals surface area contributed by atoms with Gasteiger partial charge in [0.25, 0.3) is 0 Å². The lowest BCUT2D eigenvalue weighted by Crippen LogP contribution is -2.07. The number of hydrogen-bond acceptors (Lipinski definition) is 3. The molecule has 0 fully saturated rings. The third-order valence-corrected chi connectivity index (χ3v) is 2.49. The first-order valence-electron chi connectivity index (χ1n) is 4.63. The van der Waals surface area contributed by atoms with Gasteiger partial charge in [-0.15, -0.1) is 0 Å². The summed E-state index contributed by atoms with van der Waals surface area (Å²) >= 11 is 0. The molecule has 2 rings (SSSR count). The van der Waals surface area contributed by atoms with E-state index in [0.29, 0.717) is 17.5 Å². The molecule has 3 N–H and O–H groups in total. The number of carboxylic acids is 1. The quantitative estimate of drug-likeness (QED) is 0.677. The second-order valence-electron chi connectivity index (χ2n) is 3.46. The van der Waals surface area contributed by atoms with Gasteiger partial charge in [0.15, 0.2) is 5.88 Å². The van der Waals surface area contributed by atoms with Crippen molar-refractivity contribution in [1.29, 1.82) is 0 Å². The standard InChI is InChI=1S/C10H11NO4/c12-8(13)5-11-9(14)6-3-1-2-4-7(6)10(11)15/h1,3,14-15H,2,4-5H2,(H,12,13). The Bertz CT molecular complexity index is 445. The molecule has 1 aromatic heterocycles. The van der Waals surface area contributed by atoms with Crippen LogP contribution in [0.25, 0.3) is 6.08 Å². The van der Waals surface area contributed by atoms with Crippen LogP contribution < -0.4 is 0 Å². The van der Waals surface area contributed by atoms with Gasteiger partial charge in [0, 0.05) is 11.1 Å². The molecule has 0 radical (unpaired) electrons. The molecule has 0 atom stereocenters. The van der Waals surface area contributed by atoms with Gasteiger partial charge in [-0.2, -0.15) is 0 Å². The van der Waals surface area contributed by atoms with Crippen LogP contribution in [0.3, 0.4) is 0 Å². The minimum absolute atomic E-state index is 0.144. The molecule has 1 aromatic rings. The Morgan fingerprint density at radius 2 is 2.13 bits per heavy atom. The van der Waals surface area contributed by atoms with Crippen molar-refractivity contribution >= 4 is 12.0 Å². The van der Waals surface area contributed by atoms with Crippen LogP contribution in [0.1, 0.15) is 17.5 Å². The Labute approximate surface area is 85.9 Å². The second-order valence-corrected chi connectivity index (χ2v) is 3.46. The van der Waals surface area contributed by atoms with Gasteiger partial charge < -0.3 is 15.3 Å². The molecule has 1 aliphatic rings. The van der Waals surface area contributed by atoms with E-state index in [2.05, 4.69) is 0 Å². The fraction of sp³-hybridized carbons (Fsp3) is 0.300. The van der Waals surface area contributed by atoms with E-state index in [-0.39, 0.29) is 11.8 Å². The zero-order valence-electron chi connectivity index (χ0n) is 7.97. The zero-order valence-corrected chi connectivity index (χ0v) is 7.97. The number of aliphatic carboxylic acids is 1. The van der Waals surface area contributed by atoms with Crippen LogP contribution >= 0.6 is 0 Å². The molecular formula is C10H11NO4. The number of carbonyl (C=O) groups is 1. The molecule has 80 valence electrons. The van der Waals surface area contributed by atoms with Crippen molar-refractivity contribution < 1.29 is 20.1 Å². The van der Waals surface area contributed by atoms with Crippen LogP contribution in [0.4, 0.5) is 0 Å². The molecule has 1 heterocycles. The summed E-state index contributed by atoms with van der Waals surface area (Å²) in [5.74, 6) is -1.42. The van der Waals surface area contributed by atoms with Gasteiger partial charge in [0.1, 0.15) is 6.54 Å². The van der Waals surface area contributed by atoms with Crippen LogP contribution in [0, 0.1) is 0 Å². The van der Waals surface area contributed by atoms with Gasteiger partial charge in [0.05, 0.1) is 0 Å². The summed E-state index contributed by atoms with van der Waals surface area (Å²) in [4.78, 5) is 10.5. The van der Waals surface area contributed by atoms with Gasteiger partial charge in [-0.1, -0.05) is 12.2 Å². The molecule has 0 unspecified atom stereocenters. The predicted molar refractivity (Wildman–Crippen MR) is 52.8 cm³/mol. The number of fused-ring (bicyclic) bond motifs is 1. The van der Waals surface area contributed by atoms with Gasteiger partial charge in [-0.3, -0.25) is 9.36 Å². The summed E-state index contributed by atoms with van der Waals surface area (Å²) in [5, 5.41) is 28.0. The molecule has 0 saturated carbocycles. The smallest absolute Gasteiger partial charge is 0.323 e. The maximum Gasteiger partial charge on any atom is 0.323 e. The van der Waals surface area contributed by atoms with Crippen molar-refractivity contribution in [2.24, 2.45) is 0 Å². The Balaban J connectivity index is 2.52. The SMILES string of the molecule is O=C(O)Cn1c(O)c2c(c1O)CCC=C2. The summed E-state index contributed by atoms with van der Waals surface area (Å²) in [6.45, 7) is -0.432. The summed E-state index contributed by atoms with van der Waals surface area (Å²) in [6.07, 6.45) is 4.99. The molecule has 0 amide bonds. The molecule has 0 saturated heterocycles. The van der Waals surface area contributed by atoms with Crippen LogP contribution in [-0.4, -0.2) is 25.9 Å². The zero-order chi connectivity index (χ0) is 11.0. The fourth-order valence-electron chi connectivity index (χ4n) is 1.80. The lowest BCUT2D eigenvalue weighted by molar-refractivity contribution is -0.137. The van der Waals surface area contributed by atoms with Crippen molar-refractivity contribution in [3.8, 4) is 11.8 Å². The number of aromatic nitrogens is 1. The molecular weight excluding hydrogens is 198 g/mol. The molecule has 5 heteroatoms. The van der Waals surface area contributed by atoms with Crippen molar-refractivity contribution in [3.63, 3.8) is 0 Å². The van der Waals surface area contributed by atoms with E-state index < -0.39 is 12.5 Å². The Hall–Kier alpha value is -1.91. The molecule has 0 aliphatic heterocycles. The maximum absolute atomic E-state index is 10.5. The van der Waals surface area contributed by atoms with Crippen molar-refractivity contribution in [1.82, 2.24) is 4.57 Å². The van der Waals surface area contributed by atoms with E-state index in [0.717, 1.165) is 11.0 Å². The minimum atomic E-state index is -1.10. The van der Waals surface area contributed by atoms with Gasteiger partial charge >= 0.3 is 5.97 Å². The summed E-state index contributed by atoms with van der Waals surface area (Å²) < 4.78 is 1.00. The Kier molecular flexibility index (Phi) is 2.15. The van der Waals surface area contributed by atoms with Crippen LogP contribution in [0.5, 0.6) is 11.8 Å². The molecule has 0 aromatic carbocycles. The molecule has 1 aliphatic carbocycles. The van der Waals surface area contributed by atoms with Crippen molar-refractivity contribution in [3.05, 3.63) is 17.2 Å². The van der Waals surface area contributed by atoms with Crippen molar-refractivity contribution in [2.45, 2.75) is 19.4 Å². The summed E-state index contributed by atoms with van der Waals surface area (Å²) in [6, 6.07) is 0. The highest BCUT2D eigenvalue weighted by Crippen LogP contribution is 2.37. The van der Waals surface area contributed by atoms with Crippen LogP contribution in [0.15, 0.2) is 6.08 Å². The van der Waals surface area contributed by atoms with Crippen molar-refractivity contribution in [2.75, 3.05) is 0 Å². The highest BCUT2D eigenvalue weighted by molar-refractivity contribution is 5.70. The topological polar surface area (TPSA) is 82.7 Å². The molecule has 15 heavy (non-hydrogen) atoms. The number of carboxylic acid groups (broad SMARTS) is 1. The molecule has 0 bridgehead atoms. The summed E-state index contributed by atoms with van der Waals surface area (Å²) in [5.41, 5.74) is 1.15. The van der Waals surface area contributed by atoms with E-state index in [1.165, 1.54) is 0 Å². The summed E-state index contributed by atoms with van der Waals surface area (Å²) in [7, 11) is 0.